The fourth-order valence-corrected chi connectivity index (χ4v) is 0. The second-order valence-corrected chi connectivity index (χ2v) is 0.630. The Balaban J connectivity index is 2.30. The van der Waals surface area contributed by atoms with Crippen LogP contribution in [-0.2, 0) is 0 Å². The highest BCUT2D eigenvalue weighted by atomic mass is 31.0. The first-order valence-electron chi connectivity index (χ1n) is 0.908. The molecular weight excluding hydrogens is 68.8 g/mol. The van der Waals surface area contributed by atoms with Gasteiger partial charge in [0.15, 0.2) is 0 Å². The second kappa shape index (κ2) is 3.16. The minimum atomic E-state index is 1.56. The first-order valence-corrected chi connectivity index (χ1v) is 1.57. The SMILES string of the molecule is C=[15N][B]P. The van der Waals surface area contributed by atoms with E-state index in [1.807, 2.05) is 0 Å². The molecule has 0 aromatic heterocycles. The molecule has 0 heterocycles. The van der Waals surface area contributed by atoms with Gasteiger partial charge in [0.2, 0.25) is 0 Å². The summed E-state index contributed by atoms with van der Waals surface area (Å²) < 4.78 is 0. The highest BCUT2D eigenvalue weighted by Gasteiger charge is 1.53. The zero-order chi connectivity index (χ0) is 3.41. The predicted molar refractivity (Wildman–Crippen MR) is 25.0 cm³/mol. The van der Waals surface area contributed by atoms with E-state index in [0.29, 0.717) is 0 Å². The van der Waals surface area contributed by atoms with E-state index in [4.69, 9.17) is 0 Å². The molecule has 1 atom stereocenters. The topological polar surface area (TPSA) is 12.4 Å². The molecule has 0 aliphatic heterocycles. The molecule has 0 aromatic rings. The van der Waals surface area contributed by atoms with Gasteiger partial charge in [0.1, 0.15) is 0 Å². The monoisotopic (exact) mass is 73.0 g/mol. The standard InChI is InChI=1S/CH4BNP/c1-3-2-4/h1,4H2/i3+1. The van der Waals surface area contributed by atoms with Crippen molar-refractivity contribution in [2.24, 2.45) is 4.90 Å². The molecule has 0 amide bonds. The lowest BCUT2D eigenvalue weighted by Crippen LogP contribution is -1.54. The second-order valence-electron chi connectivity index (χ2n) is 0.332. The summed E-state index contributed by atoms with van der Waals surface area (Å²) in [5.74, 6) is 0. The summed E-state index contributed by atoms with van der Waals surface area (Å²) in [6.07, 6.45) is 0. The van der Waals surface area contributed by atoms with Gasteiger partial charge in [0.25, 0.3) is 7.13 Å². The Morgan fingerprint density at radius 1 is 2.00 bits per heavy atom. The number of hydrogen-bond acceptors (Lipinski definition) is 1. The van der Waals surface area contributed by atoms with Gasteiger partial charge < -0.3 is 4.90 Å². The highest BCUT2D eigenvalue weighted by Crippen LogP contribution is 1.67. The highest BCUT2D eigenvalue weighted by molar-refractivity contribution is 7.55. The van der Waals surface area contributed by atoms with Crippen molar-refractivity contribution >= 4 is 23.0 Å². The maximum absolute atomic E-state index is 3.32. The summed E-state index contributed by atoms with van der Waals surface area (Å²) in [4.78, 5) is 3.32. The largest absolute Gasteiger partial charge is 0.357 e. The quantitative estimate of drug-likeness (QED) is 0.180. The predicted octanol–water partition coefficient (Wildman–Crippen LogP) is 0.0963. The average molecular weight is 72.8 g/mol. The molecule has 4 heavy (non-hydrogen) atoms. The maximum atomic E-state index is 3.32. The van der Waals surface area contributed by atoms with Crippen LogP contribution in [0.5, 0.6) is 0 Å². The van der Waals surface area contributed by atoms with Crippen LogP contribution < -0.4 is 0 Å². The summed E-state index contributed by atoms with van der Waals surface area (Å²) in [6, 6.07) is 0. The van der Waals surface area contributed by atoms with Crippen LogP contribution in [0.15, 0.2) is 4.90 Å². The Labute approximate surface area is 28.9 Å². The van der Waals surface area contributed by atoms with Gasteiger partial charge in [-0.2, -0.15) is 0 Å². The first kappa shape index (κ1) is 4.16. The molecule has 1 nitrogen and oxygen atoms in total. The summed E-state index contributed by atoms with van der Waals surface area (Å²) in [7, 11) is 3.86. The van der Waals surface area contributed by atoms with Gasteiger partial charge in [0, 0.05) is 0 Å². The molecule has 0 aliphatic rings. The molecular formula is CH4BNP. The van der Waals surface area contributed by atoms with Crippen molar-refractivity contribution in [3.63, 3.8) is 0 Å². The summed E-state index contributed by atoms with van der Waals surface area (Å²) >= 11 is 0. The Hall–Kier alpha value is 0.165. The molecule has 0 N–H and O–H groups in total. The first-order chi connectivity index (χ1) is 1.91. The van der Waals surface area contributed by atoms with Gasteiger partial charge in [-0.25, -0.2) is 0 Å². The van der Waals surface area contributed by atoms with Crippen molar-refractivity contribution < 1.29 is 0 Å². The van der Waals surface area contributed by atoms with Crippen LogP contribution in [0.25, 0.3) is 0 Å². The van der Waals surface area contributed by atoms with Crippen LogP contribution in [0.2, 0.25) is 0 Å². The third-order valence-corrected chi connectivity index (χ3v) is 0.316. The van der Waals surface area contributed by atoms with Gasteiger partial charge in [-0.05, 0) is 6.72 Å². The molecule has 0 aromatic carbocycles. The van der Waals surface area contributed by atoms with E-state index in [2.05, 4.69) is 20.7 Å². The fraction of sp³-hybridized carbons (Fsp3) is 0. The van der Waals surface area contributed by atoms with E-state index < -0.39 is 0 Å². The molecule has 0 fully saturated rings. The van der Waals surface area contributed by atoms with Gasteiger partial charge >= 0.3 is 0 Å². The van der Waals surface area contributed by atoms with Crippen molar-refractivity contribution in [1.29, 1.82) is 0 Å². The van der Waals surface area contributed by atoms with Crippen LogP contribution in [0.1, 0.15) is 0 Å². The van der Waals surface area contributed by atoms with Crippen molar-refractivity contribution in [2.45, 2.75) is 0 Å². The normalized spacial score (nSPS) is 5.25. The molecule has 0 spiro atoms. The van der Waals surface area contributed by atoms with Crippen molar-refractivity contribution in [3.05, 3.63) is 0 Å². The minimum absolute atomic E-state index is 1.56. The Morgan fingerprint density at radius 3 is 2.25 bits per heavy atom. The Kier molecular flexibility index (Phi) is 3.30. The van der Waals surface area contributed by atoms with Crippen LogP contribution in [-0.4, -0.2) is 13.9 Å². The maximum Gasteiger partial charge on any atom is 0.299 e. The lowest BCUT2D eigenvalue weighted by atomic mass is 10.5. The average Bonchev–Trinajstić information content (AvgIpc) is 1.37. The number of nitrogens with zero attached hydrogens (tertiary/aromatic N) is 1. The van der Waals surface area contributed by atoms with E-state index in [-0.39, 0.29) is 0 Å². The molecule has 0 saturated heterocycles. The molecule has 1 radical (unpaired) electrons. The van der Waals surface area contributed by atoms with Crippen molar-refractivity contribution in [3.8, 4) is 0 Å². The van der Waals surface area contributed by atoms with Gasteiger partial charge in [-0.3, -0.25) is 0 Å². The molecule has 0 rings (SSSR count). The van der Waals surface area contributed by atoms with E-state index in [9.17, 15) is 0 Å². The van der Waals surface area contributed by atoms with Crippen molar-refractivity contribution in [1.82, 2.24) is 0 Å². The number of hydrogen-bond donors (Lipinski definition) is 0. The lowest BCUT2D eigenvalue weighted by molar-refractivity contribution is 1.98. The summed E-state index contributed by atoms with van der Waals surface area (Å²) in [5, 5.41) is 0. The molecule has 0 bridgehead atoms. The van der Waals surface area contributed by atoms with Crippen LogP contribution in [0.4, 0.5) is 0 Å². The van der Waals surface area contributed by atoms with Gasteiger partial charge in [0.05, 0.1) is 0 Å². The van der Waals surface area contributed by atoms with E-state index in [1.165, 1.54) is 0 Å². The van der Waals surface area contributed by atoms with Crippen LogP contribution in [0.3, 0.4) is 0 Å². The van der Waals surface area contributed by atoms with Crippen molar-refractivity contribution in [2.75, 3.05) is 0 Å². The van der Waals surface area contributed by atoms with Crippen LogP contribution >= 0.6 is 9.12 Å². The zero-order valence-electron chi connectivity index (χ0n) is 2.31. The lowest BCUT2D eigenvalue weighted by Gasteiger charge is -1.56. The zero-order valence-corrected chi connectivity index (χ0v) is 3.46. The third kappa shape index (κ3) is 2.16. The van der Waals surface area contributed by atoms with E-state index in [1.54, 1.807) is 7.13 Å². The molecule has 3 heteroatoms. The van der Waals surface area contributed by atoms with E-state index >= 15 is 0 Å². The van der Waals surface area contributed by atoms with Gasteiger partial charge in [-0.15, -0.1) is 9.12 Å². The molecule has 21 valence electrons. The third-order valence-electron chi connectivity index (χ3n) is 0.105. The number of rotatable bonds is 1. The summed E-state index contributed by atoms with van der Waals surface area (Å²) in [6.45, 7) is 3.15. The minimum Gasteiger partial charge on any atom is -0.357 e. The molecule has 0 saturated carbocycles. The Bertz CT molecular complexity index is 22.0. The smallest absolute Gasteiger partial charge is 0.299 e. The fourth-order valence-electron chi connectivity index (χ4n) is 0. The van der Waals surface area contributed by atoms with Crippen LogP contribution in [0, 0.1) is 0 Å². The molecule has 1 unspecified atom stereocenters. The van der Waals surface area contributed by atoms with Gasteiger partial charge in [-0.1, -0.05) is 0 Å². The summed E-state index contributed by atoms with van der Waals surface area (Å²) in [5.41, 5.74) is 0. The molecule has 0 aliphatic carbocycles. The van der Waals surface area contributed by atoms with E-state index in [0.717, 1.165) is 0 Å². The Morgan fingerprint density at radius 2 is 2.25 bits per heavy atom.